The Hall–Kier alpha value is -0.940. The maximum absolute atomic E-state index is 13.2. The van der Waals surface area contributed by atoms with Gasteiger partial charge in [-0.25, -0.2) is 4.39 Å². The van der Waals surface area contributed by atoms with Crippen molar-refractivity contribution in [3.8, 4) is 0 Å². The van der Waals surface area contributed by atoms with E-state index >= 15 is 0 Å². The molecule has 0 amide bonds. The minimum atomic E-state index is -0.206. The van der Waals surface area contributed by atoms with Crippen LogP contribution in [0.5, 0.6) is 0 Å². The Labute approximate surface area is 114 Å². The second-order valence-electron chi connectivity index (χ2n) is 4.01. The van der Waals surface area contributed by atoms with E-state index in [1.54, 1.807) is 13.0 Å². The zero-order valence-corrected chi connectivity index (χ0v) is 11.6. The van der Waals surface area contributed by atoms with Gasteiger partial charge in [0.25, 0.3) is 0 Å². The molecule has 1 atom stereocenters. The lowest BCUT2D eigenvalue weighted by Gasteiger charge is -2.15. The summed E-state index contributed by atoms with van der Waals surface area (Å²) in [5, 5.41) is 0. The fourth-order valence-corrected chi connectivity index (χ4v) is 2.49. The molecule has 0 bridgehead atoms. The molecule has 0 heterocycles. The van der Waals surface area contributed by atoms with E-state index in [1.807, 2.05) is 30.3 Å². The summed E-state index contributed by atoms with van der Waals surface area (Å²) in [6.07, 6.45) is 0. The molecule has 1 unspecified atom stereocenters. The Balaban J connectivity index is 2.40. The maximum atomic E-state index is 13.2. The van der Waals surface area contributed by atoms with Crippen molar-refractivity contribution >= 4 is 22.6 Å². The summed E-state index contributed by atoms with van der Waals surface area (Å²) in [6, 6.07) is 12.8. The number of benzene rings is 2. The number of halogens is 2. The normalized spacial score (nSPS) is 12.5. The highest BCUT2D eigenvalue weighted by atomic mass is 127. The lowest BCUT2D eigenvalue weighted by Crippen LogP contribution is -2.13. The molecule has 0 aliphatic heterocycles. The third-order valence-electron chi connectivity index (χ3n) is 2.78. The van der Waals surface area contributed by atoms with Crippen LogP contribution < -0.4 is 5.73 Å². The predicted molar refractivity (Wildman–Crippen MR) is 76.3 cm³/mol. The molecule has 1 nitrogen and oxygen atoms in total. The lowest BCUT2D eigenvalue weighted by atomic mass is 9.98. The average molecular weight is 341 g/mol. The van der Waals surface area contributed by atoms with Crippen LogP contribution in [0.4, 0.5) is 4.39 Å². The predicted octanol–water partition coefficient (Wildman–Crippen LogP) is 3.79. The van der Waals surface area contributed by atoms with Crippen LogP contribution in [0.15, 0.2) is 42.5 Å². The molecule has 0 fully saturated rings. The minimum Gasteiger partial charge on any atom is -0.320 e. The van der Waals surface area contributed by atoms with Crippen molar-refractivity contribution in [1.82, 2.24) is 0 Å². The third kappa shape index (κ3) is 2.66. The van der Waals surface area contributed by atoms with Gasteiger partial charge in [0.05, 0.1) is 6.04 Å². The van der Waals surface area contributed by atoms with Crippen LogP contribution in [-0.4, -0.2) is 0 Å². The SMILES string of the molecule is Cc1cc(C(N)c2ccccc2I)ccc1F. The molecule has 88 valence electrons. The average Bonchev–Trinajstić information content (AvgIpc) is 2.32. The van der Waals surface area contributed by atoms with Gasteiger partial charge in [0.2, 0.25) is 0 Å². The summed E-state index contributed by atoms with van der Waals surface area (Å²) in [5.41, 5.74) is 8.84. The summed E-state index contributed by atoms with van der Waals surface area (Å²) in [6.45, 7) is 1.75. The van der Waals surface area contributed by atoms with Gasteiger partial charge in [-0.15, -0.1) is 0 Å². The Morgan fingerprint density at radius 3 is 2.53 bits per heavy atom. The van der Waals surface area contributed by atoms with E-state index in [1.165, 1.54) is 6.07 Å². The van der Waals surface area contributed by atoms with E-state index in [0.29, 0.717) is 5.56 Å². The molecule has 2 aromatic carbocycles. The number of hydrogen-bond acceptors (Lipinski definition) is 1. The third-order valence-corrected chi connectivity index (χ3v) is 3.76. The molecule has 2 rings (SSSR count). The van der Waals surface area contributed by atoms with Crippen LogP contribution in [0.1, 0.15) is 22.7 Å². The second kappa shape index (κ2) is 5.14. The summed E-state index contributed by atoms with van der Waals surface area (Å²) in [5.74, 6) is -0.191. The van der Waals surface area contributed by atoms with E-state index in [9.17, 15) is 4.39 Å². The summed E-state index contributed by atoms with van der Waals surface area (Å²) >= 11 is 2.26. The van der Waals surface area contributed by atoms with Crippen molar-refractivity contribution in [2.75, 3.05) is 0 Å². The van der Waals surface area contributed by atoms with Gasteiger partial charge in [0.1, 0.15) is 5.82 Å². The lowest BCUT2D eigenvalue weighted by molar-refractivity contribution is 0.617. The summed E-state index contributed by atoms with van der Waals surface area (Å²) in [4.78, 5) is 0. The molecule has 0 saturated heterocycles. The van der Waals surface area contributed by atoms with Crippen LogP contribution >= 0.6 is 22.6 Å². The molecule has 17 heavy (non-hydrogen) atoms. The minimum absolute atomic E-state index is 0.191. The first-order valence-corrected chi connectivity index (χ1v) is 6.43. The van der Waals surface area contributed by atoms with E-state index < -0.39 is 0 Å². The smallest absolute Gasteiger partial charge is 0.126 e. The van der Waals surface area contributed by atoms with Crippen LogP contribution in [0.25, 0.3) is 0 Å². The first-order valence-electron chi connectivity index (χ1n) is 5.35. The zero-order valence-electron chi connectivity index (χ0n) is 9.45. The highest BCUT2D eigenvalue weighted by molar-refractivity contribution is 14.1. The number of aryl methyl sites for hydroxylation is 1. The molecule has 2 N–H and O–H groups in total. The van der Waals surface area contributed by atoms with Crippen LogP contribution in [0.3, 0.4) is 0 Å². The van der Waals surface area contributed by atoms with Gasteiger partial charge in [0.15, 0.2) is 0 Å². The highest BCUT2D eigenvalue weighted by Gasteiger charge is 2.12. The topological polar surface area (TPSA) is 26.0 Å². The molecular weight excluding hydrogens is 328 g/mol. The monoisotopic (exact) mass is 341 g/mol. The van der Waals surface area contributed by atoms with Crippen molar-refractivity contribution in [1.29, 1.82) is 0 Å². The van der Waals surface area contributed by atoms with E-state index in [4.69, 9.17) is 5.73 Å². The Bertz CT molecular complexity index is 539. The Kier molecular flexibility index (Phi) is 3.79. The number of hydrogen-bond donors (Lipinski definition) is 1. The zero-order chi connectivity index (χ0) is 12.4. The van der Waals surface area contributed by atoms with Gasteiger partial charge in [-0.05, 0) is 58.3 Å². The highest BCUT2D eigenvalue weighted by Crippen LogP contribution is 2.25. The van der Waals surface area contributed by atoms with Crippen molar-refractivity contribution in [3.63, 3.8) is 0 Å². The summed E-state index contributed by atoms with van der Waals surface area (Å²) < 4.78 is 14.3. The Morgan fingerprint density at radius 2 is 1.88 bits per heavy atom. The van der Waals surface area contributed by atoms with Crippen molar-refractivity contribution in [2.24, 2.45) is 5.73 Å². The first kappa shape index (κ1) is 12.5. The van der Waals surface area contributed by atoms with Crippen molar-refractivity contribution in [2.45, 2.75) is 13.0 Å². The standard InChI is InChI=1S/C14H13FIN/c1-9-8-10(6-7-12(9)15)14(17)11-4-2-3-5-13(11)16/h2-8,14H,17H2,1H3. The fraction of sp³-hybridized carbons (Fsp3) is 0.143. The molecule has 0 aliphatic rings. The molecule has 0 aliphatic carbocycles. The molecule has 2 aromatic rings. The first-order chi connectivity index (χ1) is 8.09. The van der Waals surface area contributed by atoms with Gasteiger partial charge < -0.3 is 5.73 Å². The Morgan fingerprint density at radius 1 is 1.18 bits per heavy atom. The maximum Gasteiger partial charge on any atom is 0.126 e. The molecule has 0 aromatic heterocycles. The summed E-state index contributed by atoms with van der Waals surface area (Å²) in [7, 11) is 0. The van der Waals surface area contributed by atoms with Crippen LogP contribution in [-0.2, 0) is 0 Å². The molecule has 0 spiro atoms. The molecular formula is C14H13FIN. The quantitative estimate of drug-likeness (QED) is 0.827. The van der Waals surface area contributed by atoms with Gasteiger partial charge in [-0.1, -0.05) is 30.3 Å². The number of rotatable bonds is 2. The largest absolute Gasteiger partial charge is 0.320 e. The van der Waals surface area contributed by atoms with Crippen LogP contribution in [0.2, 0.25) is 0 Å². The van der Waals surface area contributed by atoms with Crippen LogP contribution in [0, 0.1) is 16.3 Å². The fourth-order valence-electron chi connectivity index (χ4n) is 1.77. The van der Waals surface area contributed by atoms with E-state index in [0.717, 1.165) is 14.7 Å². The van der Waals surface area contributed by atoms with Gasteiger partial charge in [-0.3, -0.25) is 0 Å². The second-order valence-corrected chi connectivity index (χ2v) is 5.17. The van der Waals surface area contributed by atoms with Gasteiger partial charge in [0, 0.05) is 3.57 Å². The van der Waals surface area contributed by atoms with Gasteiger partial charge >= 0.3 is 0 Å². The van der Waals surface area contributed by atoms with Crippen molar-refractivity contribution < 1.29 is 4.39 Å². The van der Waals surface area contributed by atoms with Crippen molar-refractivity contribution in [3.05, 3.63) is 68.5 Å². The number of nitrogens with two attached hydrogens (primary N) is 1. The van der Waals surface area contributed by atoms with E-state index in [-0.39, 0.29) is 11.9 Å². The van der Waals surface area contributed by atoms with E-state index in [2.05, 4.69) is 22.6 Å². The van der Waals surface area contributed by atoms with Gasteiger partial charge in [-0.2, -0.15) is 0 Å². The molecule has 0 radical (unpaired) electrons. The molecule has 3 heteroatoms. The molecule has 0 saturated carbocycles.